The highest BCUT2D eigenvalue weighted by atomic mass is 16.7. The Morgan fingerprint density at radius 2 is 1.90 bits per heavy atom. The SMILES string of the molecule is O=C(Cn1nc2c(N3CCCCCC3)nccn2c1=O)Nc1ccc2c(c1)OCO2. The Morgan fingerprint density at radius 3 is 2.73 bits per heavy atom. The Hall–Kier alpha value is -3.56. The van der Waals surface area contributed by atoms with E-state index >= 15 is 0 Å². The van der Waals surface area contributed by atoms with E-state index in [0.29, 0.717) is 28.7 Å². The van der Waals surface area contributed by atoms with Crippen LogP contribution in [0.3, 0.4) is 0 Å². The monoisotopic (exact) mass is 410 g/mol. The second-order valence-electron chi connectivity index (χ2n) is 7.40. The summed E-state index contributed by atoms with van der Waals surface area (Å²) in [4.78, 5) is 31.9. The second-order valence-corrected chi connectivity index (χ2v) is 7.40. The summed E-state index contributed by atoms with van der Waals surface area (Å²) >= 11 is 0. The van der Waals surface area contributed by atoms with E-state index in [9.17, 15) is 9.59 Å². The van der Waals surface area contributed by atoms with Gasteiger partial charge in [-0.1, -0.05) is 12.8 Å². The van der Waals surface area contributed by atoms with E-state index in [1.54, 1.807) is 30.6 Å². The van der Waals surface area contributed by atoms with Crippen LogP contribution in [-0.2, 0) is 11.3 Å². The minimum atomic E-state index is -0.371. The molecule has 5 rings (SSSR count). The zero-order valence-corrected chi connectivity index (χ0v) is 16.4. The Morgan fingerprint density at radius 1 is 1.10 bits per heavy atom. The topological polar surface area (TPSA) is 103 Å². The number of benzene rings is 1. The average molecular weight is 410 g/mol. The van der Waals surface area contributed by atoms with Gasteiger partial charge in [-0.05, 0) is 25.0 Å². The molecule has 0 bridgehead atoms. The molecule has 1 saturated heterocycles. The number of carbonyl (C=O) groups is 1. The van der Waals surface area contributed by atoms with Crippen molar-refractivity contribution in [1.29, 1.82) is 0 Å². The number of fused-ring (bicyclic) bond motifs is 2. The molecule has 0 unspecified atom stereocenters. The van der Waals surface area contributed by atoms with Gasteiger partial charge < -0.3 is 19.7 Å². The van der Waals surface area contributed by atoms with Gasteiger partial charge in [0.05, 0.1) is 0 Å². The zero-order chi connectivity index (χ0) is 20.5. The molecule has 4 heterocycles. The number of aromatic nitrogens is 4. The number of hydrogen-bond acceptors (Lipinski definition) is 7. The molecule has 0 radical (unpaired) electrons. The lowest BCUT2D eigenvalue weighted by atomic mass is 10.2. The van der Waals surface area contributed by atoms with Crippen LogP contribution in [-0.4, -0.2) is 45.0 Å². The lowest BCUT2D eigenvalue weighted by Crippen LogP contribution is -2.28. The summed E-state index contributed by atoms with van der Waals surface area (Å²) < 4.78 is 13.2. The van der Waals surface area contributed by atoms with E-state index in [-0.39, 0.29) is 24.9 Å². The van der Waals surface area contributed by atoms with Crippen molar-refractivity contribution in [2.45, 2.75) is 32.2 Å². The van der Waals surface area contributed by atoms with Gasteiger partial charge in [0.15, 0.2) is 17.3 Å². The first-order valence-corrected chi connectivity index (χ1v) is 10.1. The largest absolute Gasteiger partial charge is 0.454 e. The number of anilines is 2. The molecule has 2 aliphatic rings. The molecule has 2 aliphatic heterocycles. The maximum absolute atomic E-state index is 12.8. The fourth-order valence-electron chi connectivity index (χ4n) is 3.85. The lowest BCUT2D eigenvalue weighted by molar-refractivity contribution is -0.117. The third kappa shape index (κ3) is 3.44. The van der Waals surface area contributed by atoms with Crippen LogP contribution < -0.4 is 25.4 Å². The summed E-state index contributed by atoms with van der Waals surface area (Å²) in [6.45, 7) is 1.74. The number of amides is 1. The number of nitrogens with one attached hydrogen (secondary N) is 1. The molecule has 1 N–H and O–H groups in total. The maximum atomic E-state index is 12.8. The van der Waals surface area contributed by atoms with Gasteiger partial charge in [0, 0.05) is 37.2 Å². The quantitative estimate of drug-likeness (QED) is 0.697. The van der Waals surface area contributed by atoms with Crippen molar-refractivity contribution >= 4 is 23.1 Å². The van der Waals surface area contributed by atoms with Crippen LogP contribution in [0.15, 0.2) is 35.4 Å². The van der Waals surface area contributed by atoms with Gasteiger partial charge in [0.1, 0.15) is 6.54 Å². The van der Waals surface area contributed by atoms with Gasteiger partial charge in [-0.3, -0.25) is 4.79 Å². The van der Waals surface area contributed by atoms with E-state index < -0.39 is 0 Å². The minimum absolute atomic E-state index is 0.163. The molecule has 0 atom stereocenters. The summed E-state index contributed by atoms with van der Waals surface area (Å²) in [5, 5.41) is 7.18. The summed E-state index contributed by atoms with van der Waals surface area (Å²) in [6.07, 6.45) is 7.75. The molecular formula is C20H22N6O4. The highest BCUT2D eigenvalue weighted by molar-refractivity contribution is 5.91. The highest BCUT2D eigenvalue weighted by Gasteiger charge is 2.20. The lowest BCUT2D eigenvalue weighted by Gasteiger charge is -2.20. The van der Waals surface area contributed by atoms with Gasteiger partial charge in [0.25, 0.3) is 0 Å². The van der Waals surface area contributed by atoms with E-state index in [1.807, 2.05) is 0 Å². The fraction of sp³-hybridized carbons (Fsp3) is 0.400. The van der Waals surface area contributed by atoms with Crippen molar-refractivity contribution in [1.82, 2.24) is 19.2 Å². The normalized spacial score (nSPS) is 15.9. The molecule has 30 heavy (non-hydrogen) atoms. The molecule has 0 aliphatic carbocycles. The van der Waals surface area contributed by atoms with E-state index in [2.05, 4.69) is 20.3 Å². The predicted molar refractivity (Wildman–Crippen MR) is 109 cm³/mol. The van der Waals surface area contributed by atoms with Gasteiger partial charge in [0.2, 0.25) is 18.3 Å². The molecule has 156 valence electrons. The average Bonchev–Trinajstić information content (AvgIpc) is 3.21. The third-order valence-corrected chi connectivity index (χ3v) is 5.34. The molecule has 10 nitrogen and oxygen atoms in total. The van der Waals surface area contributed by atoms with Gasteiger partial charge in [-0.15, -0.1) is 5.10 Å². The van der Waals surface area contributed by atoms with Crippen molar-refractivity contribution < 1.29 is 14.3 Å². The maximum Gasteiger partial charge on any atom is 0.350 e. The second kappa shape index (κ2) is 7.69. The van der Waals surface area contributed by atoms with E-state index in [0.717, 1.165) is 25.9 Å². The summed E-state index contributed by atoms with van der Waals surface area (Å²) in [7, 11) is 0. The zero-order valence-electron chi connectivity index (χ0n) is 16.4. The first kappa shape index (κ1) is 18.5. The van der Waals surface area contributed by atoms with Crippen LogP contribution in [0.4, 0.5) is 11.5 Å². The van der Waals surface area contributed by atoms with Crippen molar-refractivity contribution in [3.05, 3.63) is 41.1 Å². The van der Waals surface area contributed by atoms with Crippen molar-refractivity contribution in [3.63, 3.8) is 0 Å². The van der Waals surface area contributed by atoms with Gasteiger partial charge in [-0.2, -0.15) is 0 Å². The predicted octanol–water partition coefficient (Wildman–Crippen LogP) is 1.64. The third-order valence-electron chi connectivity index (χ3n) is 5.34. The van der Waals surface area contributed by atoms with Crippen molar-refractivity contribution in [2.24, 2.45) is 0 Å². The minimum Gasteiger partial charge on any atom is -0.454 e. The van der Waals surface area contributed by atoms with E-state index in [1.165, 1.54) is 21.9 Å². The molecule has 1 aromatic carbocycles. The molecule has 1 fully saturated rings. The summed E-state index contributed by atoms with van der Waals surface area (Å²) in [6, 6.07) is 5.14. The molecule has 2 aromatic heterocycles. The first-order valence-electron chi connectivity index (χ1n) is 10.1. The van der Waals surface area contributed by atoms with Crippen molar-refractivity contribution in [2.75, 3.05) is 30.1 Å². The Kier molecular flexibility index (Phi) is 4.74. The van der Waals surface area contributed by atoms with Crippen molar-refractivity contribution in [3.8, 4) is 11.5 Å². The molecule has 0 spiro atoms. The molecular weight excluding hydrogens is 388 g/mol. The number of ether oxygens (including phenoxy) is 2. The fourth-order valence-corrected chi connectivity index (χ4v) is 3.85. The molecule has 3 aromatic rings. The number of nitrogens with zero attached hydrogens (tertiary/aromatic N) is 5. The summed E-state index contributed by atoms with van der Waals surface area (Å²) in [5.41, 5.74) is 0.664. The van der Waals surface area contributed by atoms with Crippen LogP contribution in [0.2, 0.25) is 0 Å². The van der Waals surface area contributed by atoms with Crippen LogP contribution in [0.1, 0.15) is 25.7 Å². The van der Waals surface area contributed by atoms with Gasteiger partial charge >= 0.3 is 5.69 Å². The van der Waals surface area contributed by atoms with E-state index in [4.69, 9.17) is 9.47 Å². The van der Waals surface area contributed by atoms with Crippen LogP contribution >= 0.6 is 0 Å². The van der Waals surface area contributed by atoms with Crippen LogP contribution in [0.25, 0.3) is 5.65 Å². The number of rotatable bonds is 4. The summed E-state index contributed by atoms with van der Waals surface area (Å²) in [5.74, 6) is 1.54. The Balaban J connectivity index is 1.38. The Bertz CT molecular complexity index is 1150. The first-order chi connectivity index (χ1) is 14.7. The smallest absolute Gasteiger partial charge is 0.350 e. The van der Waals surface area contributed by atoms with Crippen LogP contribution in [0, 0.1) is 0 Å². The Labute approximate surface area is 172 Å². The number of hydrogen-bond donors (Lipinski definition) is 1. The standard InChI is InChI=1S/C20H22N6O4/c27-17(22-14-5-6-15-16(11-14)30-13-29-15)12-26-20(28)25-10-7-21-18(19(25)23-26)24-8-3-1-2-4-9-24/h5-7,10-11H,1-4,8-9,12-13H2,(H,22,27). The highest BCUT2D eigenvalue weighted by Crippen LogP contribution is 2.34. The van der Waals surface area contributed by atoms with Gasteiger partial charge in [-0.25, -0.2) is 18.9 Å². The molecule has 1 amide bonds. The number of carbonyl (C=O) groups excluding carboxylic acids is 1. The molecule has 0 saturated carbocycles. The van der Waals surface area contributed by atoms with Crippen LogP contribution in [0.5, 0.6) is 11.5 Å². The molecule has 10 heteroatoms.